The Labute approximate surface area is 172 Å². The highest BCUT2D eigenvalue weighted by molar-refractivity contribution is 6.74. The number of ether oxygens (including phenoxy) is 3. The Kier molecular flexibility index (Phi) is 7.10. The van der Waals surface area contributed by atoms with Gasteiger partial charge in [-0.2, -0.15) is 0 Å². The number of hydrogen-bond acceptors (Lipinski definition) is 7. The molecule has 1 aromatic rings. The first-order chi connectivity index (χ1) is 13.4. The van der Waals surface area contributed by atoms with Gasteiger partial charge >= 0.3 is 12.1 Å². The van der Waals surface area contributed by atoms with E-state index in [1.807, 2.05) is 64.2 Å². The highest BCUT2D eigenvalue weighted by Crippen LogP contribution is 2.41. The number of carbonyl (C=O) groups excluding carboxylic acids is 2. The van der Waals surface area contributed by atoms with Crippen molar-refractivity contribution in [2.45, 2.75) is 63.4 Å². The highest BCUT2D eigenvalue weighted by Gasteiger charge is 2.61. The number of esters is 1. The molecule has 29 heavy (non-hydrogen) atoms. The molecule has 0 aliphatic carbocycles. The molecule has 2 N–H and O–H groups in total. The van der Waals surface area contributed by atoms with E-state index in [0.717, 1.165) is 5.56 Å². The Morgan fingerprint density at radius 2 is 1.90 bits per heavy atom. The van der Waals surface area contributed by atoms with E-state index in [1.54, 1.807) is 0 Å². The molecule has 0 saturated carbocycles. The van der Waals surface area contributed by atoms with Crippen LogP contribution in [0.25, 0.3) is 0 Å². The van der Waals surface area contributed by atoms with Gasteiger partial charge in [0.15, 0.2) is 8.32 Å². The van der Waals surface area contributed by atoms with Crippen molar-refractivity contribution in [3.8, 4) is 0 Å². The molecule has 0 spiro atoms. The third-order valence-electron chi connectivity index (χ3n) is 5.45. The van der Waals surface area contributed by atoms with E-state index >= 15 is 0 Å². The zero-order valence-electron chi connectivity index (χ0n) is 17.9. The molecule has 0 bridgehead atoms. The normalized spacial score (nSPS) is 24.8. The van der Waals surface area contributed by atoms with Crippen molar-refractivity contribution in [1.29, 1.82) is 0 Å². The first kappa shape index (κ1) is 23.3. The average Bonchev–Trinajstić information content (AvgIpc) is 2.96. The van der Waals surface area contributed by atoms with Gasteiger partial charge in [0.25, 0.3) is 5.72 Å². The summed E-state index contributed by atoms with van der Waals surface area (Å²) in [5.41, 5.74) is -1.20. The topological polar surface area (TPSA) is 103 Å². The number of alkyl carbamates (subject to hydrolysis) is 1. The predicted molar refractivity (Wildman–Crippen MR) is 109 cm³/mol. The molecule has 1 aliphatic heterocycles. The van der Waals surface area contributed by atoms with E-state index in [1.165, 1.54) is 7.11 Å². The molecule has 162 valence electrons. The molecule has 1 heterocycles. The zero-order valence-corrected chi connectivity index (χ0v) is 18.9. The first-order valence-electron chi connectivity index (χ1n) is 9.50. The second kappa shape index (κ2) is 8.82. The van der Waals surface area contributed by atoms with Crippen molar-refractivity contribution in [2.24, 2.45) is 0 Å². The van der Waals surface area contributed by atoms with Crippen LogP contribution in [0.1, 0.15) is 26.3 Å². The number of amides is 1. The number of carbonyl (C=O) groups is 2. The molecule has 3 atom stereocenters. The van der Waals surface area contributed by atoms with Crippen LogP contribution < -0.4 is 5.32 Å². The van der Waals surface area contributed by atoms with Gasteiger partial charge in [0, 0.05) is 0 Å². The maximum atomic E-state index is 12.6. The number of hydrogen-bond donors (Lipinski definition) is 2. The first-order valence-corrected chi connectivity index (χ1v) is 12.4. The largest absolute Gasteiger partial charge is 0.465 e. The molecule has 1 aliphatic rings. The summed E-state index contributed by atoms with van der Waals surface area (Å²) in [4.78, 5) is 25.1. The molecule has 8 nitrogen and oxygen atoms in total. The molecule has 2 rings (SSSR count). The zero-order chi connectivity index (χ0) is 21.9. The van der Waals surface area contributed by atoms with Crippen LogP contribution in [0.5, 0.6) is 0 Å². The van der Waals surface area contributed by atoms with E-state index in [9.17, 15) is 14.7 Å². The van der Waals surface area contributed by atoms with Gasteiger partial charge in [0.05, 0.1) is 13.7 Å². The number of benzene rings is 1. The summed E-state index contributed by atoms with van der Waals surface area (Å²) < 4.78 is 21.9. The van der Waals surface area contributed by atoms with Crippen molar-refractivity contribution in [2.75, 3.05) is 13.7 Å². The predicted octanol–water partition coefficient (Wildman–Crippen LogP) is 2.56. The van der Waals surface area contributed by atoms with Gasteiger partial charge < -0.3 is 23.7 Å². The Hall–Kier alpha value is -1.94. The maximum absolute atomic E-state index is 12.6. The summed E-state index contributed by atoms with van der Waals surface area (Å²) in [6.45, 7) is 9.88. The Bertz CT molecular complexity index is 719. The Morgan fingerprint density at radius 1 is 1.28 bits per heavy atom. The summed E-state index contributed by atoms with van der Waals surface area (Å²) in [5, 5.41) is 12.7. The fourth-order valence-electron chi connectivity index (χ4n) is 2.71. The van der Waals surface area contributed by atoms with E-state index < -0.39 is 38.3 Å². The van der Waals surface area contributed by atoms with E-state index in [4.69, 9.17) is 18.6 Å². The minimum absolute atomic E-state index is 0.0141. The molecule has 0 unspecified atom stereocenters. The van der Waals surface area contributed by atoms with Gasteiger partial charge in [-0.25, -0.2) is 9.59 Å². The summed E-state index contributed by atoms with van der Waals surface area (Å²) in [6, 6.07) is 9.12. The van der Waals surface area contributed by atoms with Gasteiger partial charge in [-0.1, -0.05) is 51.1 Å². The van der Waals surface area contributed by atoms with Crippen LogP contribution in [0.2, 0.25) is 18.1 Å². The standard InChI is InChI=1S/C20H31NO7Si/c1-19(2,3)29(5,6)28-16-15(22)13-27-20(16,17(23)25-4)21-18(24)26-12-14-10-8-7-9-11-14/h7-11,15-16,22H,12-13H2,1-6H3,(H,21,24)/t15-,16-,20+/m1/s1. The lowest BCUT2D eigenvalue weighted by Gasteiger charge is -2.42. The van der Waals surface area contributed by atoms with Crippen LogP contribution in [0.15, 0.2) is 30.3 Å². The molecular formula is C20H31NO7Si. The molecular weight excluding hydrogens is 394 g/mol. The highest BCUT2D eigenvalue weighted by atomic mass is 28.4. The fourth-order valence-corrected chi connectivity index (χ4v) is 4.02. The molecule has 1 aromatic carbocycles. The number of aliphatic hydroxyl groups is 1. The minimum atomic E-state index is -2.42. The molecule has 0 aromatic heterocycles. The van der Waals surface area contributed by atoms with E-state index in [2.05, 4.69) is 5.32 Å². The minimum Gasteiger partial charge on any atom is -0.465 e. The summed E-state index contributed by atoms with van der Waals surface area (Å²) in [6.07, 6.45) is -3.12. The van der Waals surface area contributed by atoms with Gasteiger partial charge in [0.2, 0.25) is 0 Å². The second-order valence-corrected chi connectivity index (χ2v) is 13.3. The van der Waals surface area contributed by atoms with Crippen LogP contribution in [-0.4, -0.2) is 57.1 Å². The molecule has 1 saturated heterocycles. The van der Waals surface area contributed by atoms with Crippen LogP contribution in [0.4, 0.5) is 4.79 Å². The Morgan fingerprint density at radius 3 is 2.45 bits per heavy atom. The van der Waals surface area contributed by atoms with Crippen LogP contribution in [0.3, 0.4) is 0 Å². The molecule has 1 fully saturated rings. The van der Waals surface area contributed by atoms with Gasteiger partial charge in [0.1, 0.15) is 18.8 Å². The Balaban J connectivity index is 2.22. The van der Waals surface area contributed by atoms with Gasteiger partial charge in [-0.05, 0) is 23.7 Å². The van der Waals surface area contributed by atoms with Gasteiger partial charge in [-0.3, -0.25) is 5.32 Å². The van der Waals surface area contributed by atoms with Crippen molar-refractivity contribution < 1.29 is 33.3 Å². The fraction of sp³-hybridized carbons (Fsp3) is 0.600. The van der Waals surface area contributed by atoms with Gasteiger partial charge in [-0.15, -0.1) is 0 Å². The third kappa shape index (κ3) is 5.16. The average molecular weight is 426 g/mol. The molecule has 9 heteroatoms. The monoisotopic (exact) mass is 425 g/mol. The molecule has 0 radical (unpaired) electrons. The second-order valence-electron chi connectivity index (χ2n) is 8.59. The van der Waals surface area contributed by atoms with Crippen molar-refractivity contribution in [1.82, 2.24) is 5.32 Å². The van der Waals surface area contributed by atoms with E-state index in [-0.39, 0.29) is 18.3 Å². The van der Waals surface area contributed by atoms with Crippen molar-refractivity contribution in [3.63, 3.8) is 0 Å². The maximum Gasteiger partial charge on any atom is 0.410 e. The van der Waals surface area contributed by atoms with Crippen molar-refractivity contribution in [3.05, 3.63) is 35.9 Å². The summed E-state index contributed by atoms with van der Waals surface area (Å²) in [5.74, 6) is -0.866. The van der Waals surface area contributed by atoms with Crippen LogP contribution in [0, 0.1) is 0 Å². The van der Waals surface area contributed by atoms with Crippen LogP contribution in [-0.2, 0) is 30.0 Å². The van der Waals surface area contributed by atoms with Crippen molar-refractivity contribution >= 4 is 20.4 Å². The summed E-state index contributed by atoms with van der Waals surface area (Å²) in [7, 11) is -1.24. The van der Waals surface area contributed by atoms with Crippen LogP contribution >= 0.6 is 0 Å². The number of methoxy groups -OCH3 is 1. The summed E-state index contributed by atoms with van der Waals surface area (Å²) >= 11 is 0. The SMILES string of the molecule is COC(=O)[C@@]1(NC(=O)OCc2ccccc2)OC[C@@H](O)[C@H]1O[Si](C)(C)C(C)(C)C. The smallest absolute Gasteiger partial charge is 0.410 e. The lowest BCUT2D eigenvalue weighted by Crippen LogP contribution is -2.65. The lowest BCUT2D eigenvalue weighted by molar-refractivity contribution is -0.176. The number of nitrogens with one attached hydrogen (secondary N) is 1. The molecule has 1 amide bonds. The van der Waals surface area contributed by atoms with E-state index in [0.29, 0.717) is 0 Å². The lowest BCUT2D eigenvalue weighted by atomic mass is 10.1. The number of aliphatic hydroxyl groups excluding tert-OH is 1. The quantitative estimate of drug-likeness (QED) is 0.533. The third-order valence-corrected chi connectivity index (χ3v) is 9.90. The number of rotatable bonds is 6.